The van der Waals surface area contributed by atoms with Gasteiger partial charge in [0.2, 0.25) is 0 Å². The molecule has 1 heterocycles. The van der Waals surface area contributed by atoms with E-state index in [0.29, 0.717) is 10.8 Å². The number of hydrogen-bond donors (Lipinski definition) is 1. The van der Waals surface area contributed by atoms with Crippen molar-refractivity contribution in [3.63, 3.8) is 0 Å². The number of amides is 1. The lowest BCUT2D eigenvalue weighted by atomic mass is 10.2. The summed E-state index contributed by atoms with van der Waals surface area (Å²) in [6, 6.07) is 3.62. The Balaban J connectivity index is 2.05. The number of rotatable bonds is 4. The van der Waals surface area contributed by atoms with Crippen LogP contribution in [0.2, 0.25) is 5.02 Å². The predicted octanol–water partition coefficient (Wildman–Crippen LogP) is 3.78. The van der Waals surface area contributed by atoms with Crippen molar-refractivity contribution in [3.05, 3.63) is 38.6 Å². The highest BCUT2D eigenvalue weighted by atomic mass is 79.9. The maximum Gasteiger partial charge on any atom is 0.262 e. The highest BCUT2D eigenvalue weighted by Gasteiger charge is 2.14. The molecule has 2 aromatic rings. The van der Waals surface area contributed by atoms with Crippen LogP contribution in [-0.4, -0.2) is 22.3 Å². The Bertz CT molecular complexity index is 705. The molecule has 0 aliphatic rings. The van der Waals surface area contributed by atoms with Crippen LogP contribution in [0.1, 0.15) is 17.0 Å². The van der Waals surface area contributed by atoms with Crippen molar-refractivity contribution in [1.29, 1.82) is 0 Å². The van der Waals surface area contributed by atoms with E-state index in [9.17, 15) is 4.79 Å². The van der Waals surface area contributed by atoms with Crippen molar-refractivity contribution < 1.29 is 9.53 Å². The van der Waals surface area contributed by atoms with Gasteiger partial charge in [-0.05, 0) is 38.5 Å². The number of nitrogens with one attached hydrogen (secondary N) is 1. The summed E-state index contributed by atoms with van der Waals surface area (Å²) in [6.45, 7) is 5.50. The van der Waals surface area contributed by atoms with Gasteiger partial charge < -0.3 is 10.1 Å². The minimum absolute atomic E-state index is 0.115. The summed E-state index contributed by atoms with van der Waals surface area (Å²) >= 11 is 9.49. The molecule has 1 N–H and O–H groups in total. The highest BCUT2D eigenvalue weighted by Crippen LogP contribution is 2.32. The van der Waals surface area contributed by atoms with Crippen molar-refractivity contribution in [1.82, 2.24) is 9.78 Å². The lowest BCUT2D eigenvalue weighted by Gasteiger charge is -2.12. The first-order chi connectivity index (χ1) is 10.3. The number of benzene rings is 1. The maximum absolute atomic E-state index is 12.1. The topological polar surface area (TPSA) is 56.1 Å². The van der Waals surface area contributed by atoms with E-state index >= 15 is 0 Å². The fourth-order valence-corrected chi connectivity index (χ4v) is 3.16. The largest absolute Gasteiger partial charge is 0.482 e. The monoisotopic (exact) mass is 385 g/mol. The highest BCUT2D eigenvalue weighted by molar-refractivity contribution is 9.10. The van der Waals surface area contributed by atoms with Crippen LogP contribution in [0.15, 0.2) is 16.6 Å². The number of carbonyl (C=O) groups is 1. The minimum atomic E-state index is -0.252. The summed E-state index contributed by atoms with van der Waals surface area (Å²) in [5.41, 5.74) is 3.24. The second-order valence-corrected chi connectivity index (χ2v) is 6.36. The van der Waals surface area contributed by atoms with Crippen molar-refractivity contribution in [2.75, 3.05) is 11.9 Å². The number of aromatic nitrogens is 2. The Labute approximate surface area is 142 Å². The zero-order valence-corrected chi connectivity index (χ0v) is 15.2. The molecule has 0 saturated heterocycles. The fourth-order valence-electron chi connectivity index (χ4n) is 2.14. The van der Waals surface area contributed by atoms with Crippen LogP contribution in [0, 0.1) is 20.8 Å². The van der Waals surface area contributed by atoms with Crippen LogP contribution in [0.4, 0.5) is 5.69 Å². The molecule has 7 heteroatoms. The van der Waals surface area contributed by atoms with Crippen LogP contribution < -0.4 is 10.1 Å². The van der Waals surface area contributed by atoms with Crippen LogP contribution in [0.25, 0.3) is 0 Å². The quantitative estimate of drug-likeness (QED) is 0.870. The van der Waals surface area contributed by atoms with Crippen molar-refractivity contribution in [3.8, 4) is 5.75 Å². The molecule has 0 fully saturated rings. The summed E-state index contributed by atoms with van der Waals surface area (Å²) < 4.78 is 8.14. The molecule has 0 bridgehead atoms. The number of halogens is 2. The van der Waals surface area contributed by atoms with E-state index in [2.05, 4.69) is 26.3 Å². The lowest BCUT2D eigenvalue weighted by Crippen LogP contribution is -2.21. The molecule has 0 atom stereocenters. The molecule has 1 amide bonds. The molecule has 22 heavy (non-hydrogen) atoms. The van der Waals surface area contributed by atoms with Gasteiger partial charge in [-0.25, -0.2) is 0 Å². The van der Waals surface area contributed by atoms with Gasteiger partial charge in [0.25, 0.3) is 5.91 Å². The van der Waals surface area contributed by atoms with E-state index in [1.165, 1.54) is 0 Å². The van der Waals surface area contributed by atoms with Crippen LogP contribution in [0.5, 0.6) is 5.75 Å². The number of anilines is 1. The lowest BCUT2D eigenvalue weighted by molar-refractivity contribution is -0.118. The molecular formula is C15H17BrClN3O2. The third-order valence-electron chi connectivity index (χ3n) is 3.32. The third kappa shape index (κ3) is 3.62. The molecule has 0 saturated carbocycles. The zero-order chi connectivity index (χ0) is 16.4. The van der Waals surface area contributed by atoms with Gasteiger partial charge in [-0.15, -0.1) is 0 Å². The molecule has 1 aromatic carbocycles. The van der Waals surface area contributed by atoms with E-state index in [-0.39, 0.29) is 12.5 Å². The maximum atomic E-state index is 12.1. The number of hydrogen-bond acceptors (Lipinski definition) is 3. The average Bonchev–Trinajstić information content (AvgIpc) is 2.64. The van der Waals surface area contributed by atoms with Crippen molar-refractivity contribution in [2.24, 2.45) is 7.05 Å². The predicted molar refractivity (Wildman–Crippen MR) is 90.7 cm³/mol. The molecule has 0 aliphatic heterocycles. The Kier molecular flexibility index (Phi) is 5.13. The van der Waals surface area contributed by atoms with Gasteiger partial charge in [0, 0.05) is 11.5 Å². The first kappa shape index (κ1) is 16.8. The van der Waals surface area contributed by atoms with Gasteiger partial charge in [0.05, 0.1) is 22.1 Å². The van der Waals surface area contributed by atoms with Gasteiger partial charge in [0.1, 0.15) is 5.75 Å². The van der Waals surface area contributed by atoms with E-state index in [1.54, 1.807) is 10.7 Å². The summed E-state index contributed by atoms with van der Waals surface area (Å²) in [4.78, 5) is 12.1. The molecule has 1 aromatic heterocycles. The Hall–Kier alpha value is -1.53. The molecule has 5 nitrogen and oxygen atoms in total. The third-order valence-corrected chi connectivity index (χ3v) is 4.05. The molecule has 0 spiro atoms. The zero-order valence-electron chi connectivity index (χ0n) is 12.8. The Morgan fingerprint density at radius 1 is 1.41 bits per heavy atom. The second-order valence-electron chi connectivity index (χ2n) is 5.04. The number of aryl methyl sites for hydroxylation is 3. The molecule has 118 valence electrons. The van der Waals surface area contributed by atoms with Gasteiger partial charge in [-0.2, -0.15) is 5.10 Å². The van der Waals surface area contributed by atoms with Gasteiger partial charge >= 0.3 is 0 Å². The van der Waals surface area contributed by atoms with Gasteiger partial charge in [-0.3, -0.25) is 9.48 Å². The standard InChI is InChI=1S/C15H17BrClN3O2/c1-8-5-11(16)6-12(17)15(8)22-7-13(21)18-14-9(2)19-20(4)10(14)3/h5-6H,7H2,1-4H3,(H,18,21). The van der Waals surface area contributed by atoms with E-state index in [1.807, 2.05) is 33.9 Å². The fraction of sp³-hybridized carbons (Fsp3) is 0.333. The SMILES string of the molecule is Cc1cc(Br)cc(Cl)c1OCC(=O)Nc1c(C)nn(C)c1C. The first-order valence-corrected chi connectivity index (χ1v) is 7.85. The average molecular weight is 387 g/mol. The van der Waals surface area contributed by atoms with Gasteiger partial charge in [0.15, 0.2) is 6.61 Å². The van der Waals surface area contributed by atoms with E-state index in [0.717, 1.165) is 27.1 Å². The Morgan fingerprint density at radius 3 is 2.64 bits per heavy atom. The molecule has 0 aliphatic carbocycles. The van der Waals surface area contributed by atoms with Gasteiger partial charge in [-0.1, -0.05) is 27.5 Å². The Morgan fingerprint density at radius 2 is 2.09 bits per heavy atom. The van der Waals surface area contributed by atoms with Crippen LogP contribution >= 0.6 is 27.5 Å². The van der Waals surface area contributed by atoms with Crippen molar-refractivity contribution >= 4 is 39.1 Å². The van der Waals surface area contributed by atoms with E-state index in [4.69, 9.17) is 16.3 Å². The normalized spacial score (nSPS) is 10.6. The summed E-state index contributed by atoms with van der Waals surface area (Å²) in [5.74, 6) is 0.261. The summed E-state index contributed by atoms with van der Waals surface area (Å²) in [5, 5.41) is 7.54. The number of nitrogens with zero attached hydrogens (tertiary/aromatic N) is 2. The molecule has 0 unspecified atom stereocenters. The second kappa shape index (κ2) is 6.71. The minimum Gasteiger partial charge on any atom is -0.482 e. The smallest absolute Gasteiger partial charge is 0.262 e. The van der Waals surface area contributed by atoms with E-state index < -0.39 is 0 Å². The van der Waals surface area contributed by atoms with Crippen molar-refractivity contribution in [2.45, 2.75) is 20.8 Å². The molecular weight excluding hydrogens is 370 g/mol. The summed E-state index contributed by atoms with van der Waals surface area (Å²) in [6.07, 6.45) is 0. The molecule has 0 radical (unpaired) electrons. The number of carbonyl (C=O) groups excluding carboxylic acids is 1. The van der Waals surface area contributed by atoms with Crippen LogP contribution in [-0.2, 0) is 11.8 Å². The van der Waals surface area contributed by atoms with Crippen LogP contribution in [0.3, 0.4) is 0 Å². The first-order valence-electron chi connectivity index (χ1n) is 6.68. The summed E-state index contributed by atoms with van der Waals surface area (Å²) in [7, 11) is 1.83. The number of ether oxygens (including phenoxy) is 1. The molecule has 2 rings (SSSR count).